The Hall–Kier alpha value is -3.80. The van der Waals surface area contributed by atoms with Crippen molar-refractivity contribution >= 4 is 28.9 Å². The number of aliphatic carboxylic acids is 1. The van der Waals surface area contributed by atoms with E-state index in [1.54, 1.807) is 12.1 Å². The lowest BCUT2D eigenvalue weighted by atomic mass is 10.0. The van der Waals surface area contributed by atoms with Crippen LogP contribution in [0.15, 0.2) is 66.7 Å². The van der Waals surface area contributed by atoms with E-state index >= 15 is 0 Å². The zero-order valence-electron chi connectivity index (χ0n) is 17.1. The maximum atomic E-state index is 12.9. The van der Waals surface area contributed by atoms with E-state index in [4.69, 9.17) is 9.84 Å². The lowest BCUT2D eigenvalue weighted by Crippen LogP contribution is -2.14. The van der Waals surface area contributed by atoms with Crippen LogP contribution in [0, 0.1) is 0 Å². The third kappa shape index (κ3) is 5.04. The van der Waals surface area contributed by atoms with Crippen molar-refractivity contribution in [3.63, 3.8) is 0 Å². The molecule has 0 fully saturated rings. The predicted molar refractivity (Wildman–Crippen MR) is 120 cm³/mol. The summed E-state index contributed by atoms with van der Waals surface area (Å²) in [7, 11) is 0. The summed E-state index contributed by atoms with van der Waals surface area (Å²) < 4.78 is 5.68. The van der Waals surface area contributed by atoms with E-state index in [1.165, 1.54) is 5.56 Å². The first-order chi connectivity index (χ1) is 15.1. The standard InChI is InChI=1S/C25H24N2O4/c28-24(29)10-5-15-31-23-9-4-3-8-22(23)27-25(30)19-13-14-21-18(16-19)12-11-17-6-1-2-7-20(17)26-21/h1-4,6-9,13-14,16,26H,5,10-12,15H2,(H,27,30)(H,28,29). The largest absolute Gasteiger partial charge is 0.491 e. The van der Waals surface area contributed by atoms with Gasteiger partial charge in [0.15, 0.2) is 0 Å². The molecule has 0 bridgehead atoms. The number of para-hydroxylation sites is 3. The van der Waals surface area contributed by atoms with Gasteiger partial charge in [0.2, 0.25) is 0 Å². The zero-order valence-corrected chi connectivity index (χ0v) is 17.1. The molecule has 1 aliphatic rings. The number of nitrogens with one attached hydrogen (secondary N) is 2. The average Bonchev–Trinajstić information content (AvgIpc) is 2.96. The van der Waals surface area contributed by atoms with E-state index in [2.05, 4.69) is 22.8 Å². The number of hydrogen-bond donors (Lipinski definition) is 3. The lowest BCUT2D eigenvalue weighted by Gasteiger charge is -2.14. The van der Waals surface area contributed by atoms with Crippen LogP contribution < -0.4 is 15.4 Å². The Kier molecular flexibility index (Phi) is 6.17. The fraction of sp³-hybridized carbons (Fsp3) is 0.200. The second kappa shape index (κ2) is 9.34. The van der Waals surface area contributed by atoms with E-state index in [-0.39, 0.29) is 18.9 Å². The molecule has 6 heteroatoms. The number of benzene rings is 3. The Morgan fingerprint density at radius 1 is 0.935 bits per heavy atom. The van der Waals surface area contributed by atoms with Crippen LogP contribution in [-0.2, 0) is 17.6 Å². The highest BCUT2D eigenvalue weighted by Crippen LogP contribution is 2.31. The Morgan fingerprint density at radius 2 is 1.68 bits per heavy atom. The van der Waals surface area contributed by atoms with Crippen LogP contribution in [0.4, 0.5) is 17.1 Å². The molecule has 1 heterocycles. The summed E-state index contributed by atoms with van der Waals surface area (Å²) in [5.74, 6) is -0.551. The molecule has 1 amide bonds. The van der Waals surface area contributed by atoms with Gasteiger partial charge in [0, 0.05) is 23.4 Å². The molecule has 4 rings (SSSR count). The number of ether oxygens (including phenoxy) is 1. The molecule has 0 spiro atoms. The number of fused-ring (bicyclic) bond motifs is 2. The number of carboxylic acid groups (broad SMARTS) is 1. The van der Waals surface area contributed by atoms with Crippen LogP contribution in [0.3, 0.4) is 0 Å². The molecule has 6 nitrogen and oxygen atoms in total. The SMILES string of the molecule is O=C(O)CCCOc1ccccc1NC(=O)c1ccc2c(c1)CCc1ccccc1N2. The van der Waals surface area contributed by atoms with Gasteiger partial charge in [0.1, 0.15) is 5.75 Å². The number of aryl methyl sites for hydroxylation is 2. The molecule has 0 unspecified atom stereocenters. The van der Waals surface area contributed by atoms with Crippen LogP contribution in [0.2, 0.25) is 0 Å². The first kappa shape index (κ1) is 20.5. The Bertz CT molecular complexity index is 1110. The molecule has 0 atom stereocenters. The van der Waals surface area contributed by atoms with Gasteiger partial charge in [0.25, 0.3) is 5.91 Å². The molecule has 1 aliphatic heterocycles. The van der Waals surface area contributed by atoms with Crippen molar-refractivity contribution in [2.24, 2.45) is 0 Å². The molecule has 0 radical (unpaired) electrons. The van der Waals surface area contributed by atoms with E-state index < -0.39 is 5.97 Å². The number of hydrogen-bond acceptors (Lipinski definition) is 4. The molecule has 3 aromatic rings. The van der Waals surface area contributed by atoms with Crippen LogP contribution in [-0.4, -0.2) is 23.6 Å². The van der Waals surface area contributed by atoms with Gasteiger partial charge >= 0.3 is 5.97 Å². The van der Waals surface area contributed by atoms with Crippen molar-refractivity contribution < 1.29 is 19.4 Å². The van der Waals surface area contributed by atoms with Gasteiger partial charge in [-0.25, -0.2) is 0 Å². The highest BCUT2D eigenvalue weighted by molar-refractivity contribution is 6.05. The molecule has 3 aromatic carbocycles. The minimum absolute atomic E-state index is 0.0432. The summed E-state index contributed by atoms with van der Waals surface area (Å²) in [6.07, 6.45) is 2.21. The number of carboxylic acids is 1. The van der Waals surface area contributed by atoms with E-state index in [0.29, 0.717) is 23.4 Å². The minimum Gasteiger partial charge on any atom is -0.491 e. The fourth-order valence-corrected chi connectivity index (χ4v) is 3.63. The van der Waals surface area contributed by atoms with Gasteiger partial charge in [-0.1, -0.05) is 30.3 Å². The molecule has 31 heavy (non-hydrogen) atoms. The maximum absolute atomic E-state index is 12.9. The Morgan fingerprint density at radius 3 is 2.55 bits per heavy atom. The van der Waals surface area contributed by atoms with Crippen LogP contribution in [0.5, 0.6) is 5.75 Å². The number of carbonyl (C=O) groups is 2. The van der Waals surface area contributed by atoms with E-state index in [9.17, 15) is 9.59 Å². The number of rotatable bonds is 7. The second-order valence-corrected chi connectivity index (χ2v) is 7.45. The van der Waals surface area contributed by atoms with Crippen molar-refractivity contribution in [3.05, 3.63) is 83.4 Å². The molecule has 0 aliphatic carbocycles. The topological polar surface area (TPSA) is 87.7 Å². The normalized spacial score (nSPS) is 12.0. The Labute approximate surface area is 180 Å². The third-order valence-electron chi connectivity index (χ3n) is 5.25. The number of carbonyl (C=O) groups excluding carboxylic acids is 1. The van der Waals surface area contributed by atoms with Gasteiger partial charge in [-0.05, 0) is 66.8 Å². The Balaban J connectivity index is 1.46. The van der Waals surface area contributed by atoms with Crippen molar-refractivity contribution in [2.75, 3.05) is 17.2 Å². The van der Waals surface area contributed by atoms with Crippen molar-refractivity contribution in [3.8, 4) is 5.75 Å². The van der Waals surface area contributed by atoms with Crippen LogP contribution >= 0.6 is 0 Å². The monoisotopic (exact) mass is 416 g/mol. The summed E-state index contributed by atoms with van der Waals surface area (Å²) in [5.41, 5.74) is 5.62. The highest BCUT2D eigenvalue weighted by Gasteiger charge is 2.16. The molecule has 3 N–H and O–H groups in total. The number of anilines is 3. The molecule has 0 aromatic heterocycles. The molecule has 0 saturated carbocycles. The summed E-state index contributed by atoms with van der Waals surface area (Å²) >= 11 is 0. The predicted octanol–water partition coefficient (Wildman–Crippen LogP) is 5.02. The molecule has 0 saturated heterocycles. The lowest BCUT2D eigenvalue weighted by molar-refractivity contribution is -0.137. The first-order valence-corrected chi connectivity index (χ1v) is 10.3. The van der Waals surface area contributed by atoms with Gasteiger partial charge in [-0.2, -0.15) is 0 Å². The van der Waals surface area contributed by atoms with Gasteiger partial charge in [0.05, 0.1) is 12.3 Å². The van der Waals surface area contributed by atoms with Gasteiger partial charge in [-0.15, -0.1) is 0 Å². The van der Waals surface area contributed by atoms with Crippen LogP contribution in [0.25, 0.3) is 0 Å². The maximum Gasteiger partial charge on any atom is 0.303 e. The first-order valence-electron chi connectivity index (χ1n) is 10.3. The van der Waals surface area contributed by atoms with Crippen molar-refractivity contribution in [1.82, 2.24) is 0 Å². The van der Waals surface area contributed by atoms with Crippen molar-refractivity contribution in [2.45, 2.75) is 25.7 Å². The molecular weight excluding hydrogens is 392 g/mol. The molecule has 158 valence electrons. The smallest absolute Gasteiger partial charge is 0.303 e. The van der Waals surface area contributed by atoms with Gasteiger partial charge in [-0.3, -0.25) is 9.59 Å². The number of amides is 1. The van der Waals surface area contributed by atoms with E-state index in [0.717, 1.165) is 29.8 Å². The van der Waals surface area contributed by atoms with Crippen LogP contribution in [0.1, 0.15) is 34.3 Å². The second-order valence-electron chi connectivity index (χ2n) is 7.45. The third-order valence-corrected chi connectivity index (χ3v) is 5.25. The van der Waals surface area contributed by atoms with Gasteiger partial charge < -0.3 is 20.5 Å². The van der Waals surface area contributed by atoms with Crippen molar-refractivity contribution in [1.29, 1.82) is 0 Å². The highest BCUT2D eigenvalue weighted by atomic mass is 16.5. The average molecular weight is 416 g/mol. The summed E-state index contributed by atoms with van der Waals surface area (Å²) in [6, 6.07) is 21.1. The summed E-state index contributed by atoms with van der Waals surface area (Å²) in [6.45, 7) is 0.268. The quantitative estimate of drug-likeness (QED) is 0.471. The molecular formula is C25H24N2O4. The minimum atomic E-state index is -0.856. The fourth-order valence-electron chi connectivity index (χ4n) is 3.63. The summed E-state index contributed by atoms with van der Waals surface area (Å²) in [5, 5.41) is 15.1. The van der Waals surface area contributed by atoms with E-state index in [1.807, 2.05) is 42.5 Å². The summed E-state index contributed by atoms with van der Waals surface area (Å²) in [4.78, 5) is 23.6. The zero-order chi connectivity index (χ0) is 21.6.